The van der Waals surface area contributed by atoms with Crippen molar-refractivity contribution in [2.75, 3.05) is 6.54 Å². The van der Waals surface area contributed by atoms with E-state index in [0.29, 0.717) is 12.0 Å². The van der Waals surface area contributed by atoms with Gasteiger partial charge in [-0.2, -0.15) is 0 Å². The number of hydrogen-bond donors (Lipinski definition) is 3. The van der Waals surface area contributed by atoms with Crippen LogP contribution in [-0.2, 0) is 4.79 Å². The van der Waals surface area contributed by atoms with Gasteiger partial charge in [0, 0.05) is 23.1 Å². The number of aromatic amines is 1. The number of para-hydroxylation sites is 1. The van der Waals surface area contributed by atoms with Crippen molar-refractivity contribution in [1.29, 1.82) is 0 Å². The van der Waals surface area contributed by atoms with E-state index in [0.717, 1.165) is 32.2 Å². The molecule has 1 saturated carbocycles. The molecule has 0 bridgehead atoms. The van der Waals surface area contributed by atoms with E-state index in [1.807, 2.05) is 0 Å². The van der Waals surface area contributed by atoms with Gasteiger partial charge in [-0.05, 0) is 56.2 Å². The van der Waals surface area contributed by atoms with Crippen LogP contribution < -0.4 is 10.6 Å². The van der Waals surface area contributed by atoms with Crippen LogP contribution in [0, 0.1) is 0 Å². The van der Waals surface area contributed by atoms with Crippen LogP contribution in [0.4, 0.5) is 0 Å². The monoisotopic (exact) mass is 311 g/mol. The molecular formula is C19H25N3O. The summed E-state index contributed by atoms with van der Waals surface area (Å²) in [5.41, 5.74) is 2.63. The predicted molar refractivity (Wildman–Crippen MR) is 92.5 cm³/mol. The highest BCUT2D eigenvalue weighted by molar-refractivity contribution is 5.84. The Balaban J connectivity index is 1.45. The van der Waals surface area contributed by atoms with E-state index in [-0.39, 0.29) is 11.9 Å². The zero-order valence-electron chi connectivity index (χ0n) is 13.5. The molecular weight excluding hydrogens is 286 g/mol. The first-order valence-corrected chi connectivity index (χ1v) is 8.91. The lowest BCUT2D eigenvalue weighted by atomic mass is 9.81. The third-order valence-corrected chi connectivity index (χ3v) is 5.46. The van der Waals surface area contributed by atoms with Crippen molar-refractivity contribution in [2.45, 2.75) is 56.5 Å². The minimum Gasteiger partial charge on any atom is -0.361 e. The van der Waals surface area contributed by atoms with Gasteiger partial charge in [0.25, 0.3) is 0 Å². The average Bonchev–Trinajstić information content (AvgIpc) is 3.25. The second-order valence-electron chi connectivity index (χ2n) is 7.01. The molecule has 2 fully saturated rings. The zero-order chi connectivity index (χ0) is 15.6. The van der Waals surface area contributed by atoms with Crippen molar-refractivity contribution in [3.8, 4) is 0 Å². The molecule has 0 spiro atoms. The average molecular weight is 311 g/mol. The van der Waals surface area contributed by atoms with Gasteiger partial charge in [-0.1, -0.05) is 24.6 Å². The molecule has 1 aromatic carbocycles. The minimum absolute atomic E-state index is 0.0310. The summed E-state index contributed by atoms with van der Waals surface area (Å²) in [4.78, 5) is 15.7. The normalized spacial score (nSPS) is 28.1. The molecule has 2 heterocycles. The fraction of sp³-hybridized carbons (Fsp3) is 0.526. The van der Waals surface area contributed by atoms with Crippen LogP contribution in [0.1, 0.15) is 50.0 Å². The molecule has 1 aliphatic heterocycles. The fourth-order valence-electron chi connectivity index (χ4n) is 4.25. The molecule has 4 nitrogen and oxygen atoms in total. The minimum atomic E-state index is 0.0310. The SMILES string of the molecule is O=C(N[C@H]1CCC[C@@H](c2c[nH]c3ccccc23)C1)C1CCCN1. The Hall–Kier alpha value is -1.81. The Bertz CT molecular complexity index is 687. The van der Waals surface area contributed by atoms with Gasteiger partial charge in [0.1, 0.15) is 0 Å². The van der Waals surface area contributed by atoms with Crippen molar-refractivity contribution >= 4 is 16.8 Å². The summed E-state index contributed by atoms with van der Waals surface area (Å²) in [5, 5.41) is 7.92. The smallest absolute Gasteiger partial charge is 0.237 e. The number of carbonyl (C=O) groups excluding carboxylic acids is 1. The van der Waals surface area contributed by atoms with Gasteiger partial charge in [0.2, 0.25) is 5.91 Å². The second-order valence-corrected chi connectivity index (χ2v) is 7.01. The fourth-order valence-corrected chi connectivity index (χ4v) is 4.25. The Kier molecular flexibility index (Phi) is 4.08. The number of amides is 1. The number of benzene rings is 1. The first-order valence-electron chi connectivity index (χ1n) is 8.91. The maximum absolute atomic E-state index is 12.3. The van der Waals surface area contributed by atoms with Crippen LogP contribution in [0.3, 0.4) is 0 Å². The molecule has 1 saturated heterocycles. The van der Waals surface area contributed by atoms with Crippen molar-refractivity contribution in [2.24, 2.45) is 0 Å². The van der Waals surface area contributed by atoms with Gasteiger partial charge >= 0.3 is 0 Å². The number of carbonyl (C=O) groups is 1. The number of hydrogen-bond acceptors (Lipinski definition) is 2. The highest BCUT2D eigenvalue weighted by Gasteiger charge is 2.29. The van der Waals surface area contributed by atoms with Crippen LogP contribution in [-0.4, -0.2) is 29.5 Å². The van der Waals surface area contributed by atoms with E-state index >= 15 is 0 Å². The standard InChI is InChI=1S/C19H25N3O/c23-19(18-9-4-10-20-18)22-14-6-3-5-13(11-14)16-12-21-17-8-2-1-7-15(16)17/h1-2,7-8,12-14,18,20-21H,3-6,9-11H2,(H,22,23)/t13-,14+,18?/m1/s1. The molecule has 1 aromatic heterocycles. The van der Waals surface area contributed by atoms with E-state index in [1.165, 1.54) is 29.3 Å². The van der Waals surface area contributed by atoms with Gasteiger partial charge in [-0.25, -0.2) is 0 Å². The molecule has 2 aromatic rings. The number of nitrogens with one attached hydrogen (secondary N) is 3. The Morgan fingerprint density at radius 3 is 2.91 bits per heavy atom. The Morgan fingerprint density at radius 1 is 1.13 bits per heavy atom. The molecule has 3 N–H and O–H groups in total. The first-order chi connectivity index (χ1) is 11.3. The highest BCUT2D eigenvalue weighted by atomic mass is 16.2. The summed E-state index contributed by atoms with van der Waals surface area (Å²) in [6.07, 6.45) is 8.82. The van der Waals surface area contributed by atoms with E-state index in [2.05, 4.69) is 46.1 Å². The molecule has 0 radical (unpaired) electrons. The van der Waals surface area contributed by atoms with E-state index in [1.54, 1.807) is 0 Å². The lowest BCUT2D eigenvalue weighted by Gasteiger charge is -2.30. The van der Waals surface area contributed by atoms with Crippen LogP contribution >= 0.6 is 0 Å². The summed E-state index contributed by atoms with van der Waals surface area (Å²) in [6.45, 7) is 0.973. The molecule has 1 unspecified atom stereocenters. The van der Waals surface area contributed by atoms with Crippen LogP contribution in [0.5, 0.6) is 0 Å². The van der Waals surface area contributed by atoms with E-state index in [9.17, 15) is 4.79 Å². The highest BCUT2D eigenvalue weighted by Crippen LogP contribution is 2.36. The molecule has 1 amide bonds. The quantitative estimate of drug-likeness (QED) is 0.816. The zero-order valence-corrected chi connectivity index (χ0v) is 13.5. The summed E-state index contributed by atoms with van der Waals surface area (Å²) >= 11 is 0. The molecule has 122 valence electrons. The van der Waals surface area contributed by atoms with Gasteiger partial charge in [-0.3, -0.25) is 4.79 Å². The third kappa shape index (κ3) is 3.00. The maximum atomic E-state index is 12.3. The largest absolute Gasteiger partial charge is 0.361 e. The summed E-state index contributed by atoms with van der Waals surface area (Å²) in [6, 6.07) is 8.86. The number of rotatable bonds is 3. The summed E-state index contributed by atoms with van der Waals surface area (Å²) < 4.78 is 0. The molecule has 3 atom stereocenters. The Labute approximate surface area is 137 Å². The molecule has 23 heavy (non-hydrogen) atoms. The number of fused-ring (bicyclic) bond motifs is 1. The number of H-pyrrole nitrogens is 1. The molecule has 4 heteroatoms. The predicted octanol–water partition coefficient (Wildman–Crippen LogP) is 3.06. The van der Waals surface area contributed by atoms with E-state index in [4.69, 9.17) is 0 Å². The van der Waals surface area contributed by atoms with Crippen molar-refractivity contribution in [3.05, 3.63) is 36.0 Å². The van der Waals surface area contributed by atoms with Crippen molar-refractivity contribution in [1.82, 2.24) is 15.6 Å². The van der Waals surface area contributed by atoms with Gasteiger partial charge in [-0.15, -0.1) is 0 Å². The lowest BCUT2D eigenvalue weighted by molar-refractivity contribution is -0.123. The third-order valence-electron chi connectivity index (χ3n) is 5.46. The van der Waals surface area contributed by atoms with Crippen molar-refractivity contribution in [3.63, 3.8) is 0 Å². The van der Waals surface area contributed by atoms with Gasteiger partial charge in [0.05, 0.1) is 6.04 Å². The molecule has 1 aliphatic carbocycles. The maximum Gasteiger partial charge on any atom is 0.237 e. The number of aromatic nitrogens is 1. The van der Waals surface area contributed by atoms with Gasteiger partial charge < -0.3 is 15.6 Å². The molecule has 4 rings (SSSR count). The summed E-state index contributed by atoms with van der Waals surface area (Å²) in [7, 11) is 0. The second kappa shape index (κ2) is 6.36. The lowest BCUT2D eigenvalue weighted by Crippen LogP contribution is -2.46. The van der Waals surface area contributed by atoms with E-state index < -0.39 is 0 Å². The summed E-state index contributed by atoms with van der Waals surface area (Å²) in [5.74, 6) is 0.744. The van der Waals surface area contributed by atoms with Crippen LogP contribution in [0.2, 0.25) is 0 Å². The van der Waals surface area contributed by atoms with Crippen LogP contribution in [0.25, 0.3) is 10.9 Å². The van der Waals surface area contributed by atoms with Crippen LogP contribution in [0.15, 0.2) is 30.5 Å². The van der Waals surface area contributed by atoms with Crippen molar-refractivity contribution < 1.29 is 4.79 Å². The Morgan fingerprint density at radius 2 is 2.04 bits per heavy atom. The first kappa shape index (κ1) is 14.8. The topological polar surface area (TPSA) is 56.9 Å². The van der Waals surface area contributed by atoms with Gasteiger partial charge in [0.15, 0.2) is 0 Å². The molecule has 2 aliphatic rings.